The van der Waals surface area contributed by atoms with Crippen molar-refractivity contribution in [1.29, 1.82) is 0 Å². The van der Waals surface area contributed by atoms with Gasteiger partial charge >= 0.3 is 11.9 Å². The van der Waals surface area contributed by atoms with E-state index in [1.165, 1.54) is 205 Å². The molecule has 1 unspecified atom stereocenters. The first-order chi connectivity index (χ1) is 33.6. The monoisotopic (exact) mass is 951 g/mol. The van der Waals surface area contributed by atoms with Gasteiger partial charge in [0, 0.05) is 19.4 Å². The van der Waals surface area contributed by atoms with Gasteiger partial charge in [0.2, 0.25) is 0 Å². The summed E-state index contributed by atoms with van der Waals surface area (Å²) >= 11 is 0. The van der Waals surface area contributed by atoms with E-state index >= 15 is 0 Å². The molecule has 0 aromatic heterocycles. The van der Waals surface area contributed by atoms with Crippen molar-refractivity contribution in [2.24, 2.45) is 0 Å². The Hall–Kier alpha value is -2.40. The topological polar surface area (TPSA) is 61.8 Å². The SMILES string of the molecule is CC/C=C\C/C=C\C/C=C\C/C=C\CCCCCCCCCOCC(COC(=O)CCCCCCCCC/C=C\CCCCCCCC)OC(=O)CCCCCCCCCCCCCCCCC. The van der Waals surface area contributed by atoms with Gasteiger partial charge in [0.1, 0.15) is 6.61 Å². The molecule has 0 aliphatic rings. The maximum atomic E-state index is 12.9. The summed E-state index contributed by atoms with van der Waals surface area (Å²) in [6.07, 6.45) is 75.3. The molecule has 5 nitrogen and oxygen atoms in total. The first-order valence-corrected chi connectivity index (χ1v) is 29.8. The molecule has 0 heterocycles. The average Bonchev–Trinajstić information content (AvgIpc) is 3.34. The Bertz CT molecular complexity index is 1170. The Balaban J connectivity index is 4.27. The second-order valence-corrected chi connectivity index (χ2v) is 19.9. The predicted molar refractivity (Wildman–Crippen MR) is 298 cm³/mol. The number of carbonyl (C=O) groups is 2. The number of esters is 2. The van der Waals surface area contributed by atoms with Crippen LogP contribution in [0.1, 0.15) is 303 Å². The average molecular weight is 952 g/mol. The number of ether oxygens (including phenoxy) is 3. The lowest BCUT2D eigenvalue weighted by molar-refractivity contribution is -0.163. The highest BCUT2D eigenvalue weighted by atomic mass is 16.6. The molecule has 0 spiro atoms. The van der Waals surface area contributed by atoms with Crippen molar-refractivity contribution < 1.29 is 23.8 Å². The normalized spacial score (nSPS) is 12.6. The van der Waals surface area contributed by atoms with E-state index in [1.807, 2.05) is 0 Å². The molecule has 0 aliphatic carbocycles. The Morgan fingerprint density at radius 2 is 0.662 bits per heavy atom. The van der Waals surface area contributed by atoms with E-state index in [2.05, 4.69) is 81.5 Å². The molecule has 0 rings (SSSR count). The number of carbonyl (C=O) groups excluding carboxylic acids is 2. The van der Waals surface area contributed by atoms with Crippen molar-refractivity contribution in [3.05, 3.63) is 60.8 Å². The van der Waals surface area contributed by atoms with Crippen LogP contribution in [0, 0.1) is 0 Å². The summed E-state index contributed by atoms with van der Waals surface area (Å²) in [7, 11) is 0. The van der Waals surface area contributed by atoms with Crippen LogP contribution in [0.5, 0.6) is 0 Å². The smallest absolute Gasteiger partial charge is 0.306 e. The Labute approximate surface area is 424 Å². The van der Waals surface area contributed by atoms with Crippen LogP contribution in [0.3, 0.4) is 0 Å². The molecule has 0 saturated heterocycles. The highest BCUT2D eigenvalue weighted by molar-refractivity contribution is 5.70. The third-order valence-electron chi connectivity index (χ3n) is 13.0. The van der Waals surface area contributed by atoms with E-state index in [9.17, 15) is 9.59 Å². The van der Waals surface area contributed by atoms with Crippen LogP contribution in [-0.2, 0) is 23.8 Å². The fourth-order valence-electron chi connectivity index (χ4n) is 8.62. The van der Waals surface area contributed by atoms with E-state index in [1.54, 1.807) is 0 Å². The molecule has 0 aromatic carbocycles. The summed E-state index contributed by atoms with van der Waals surface area (Å²) in [6, 6.07) is 0. The fraction of sp³-hybridized carbons (Fsp3) is 0.810. The second-order valence-electron chi connectivity index (χ2n) is 19.9. The molecule has 396 valence electrons. The minimum absolute atomic E-state index is 0.0811. The zero-order valence-electron chi connectivity index (χ0n) is 45.6. The molecular weight excluding hydrogens is 837 g/mol. The Morgan fingerprint density at radius 3 is 1.07 bits per heavy atom. The molecule has 1 atom stereocenters. The van der Waals surface area contributed by atoms with Gasteiger partial charge in [0.15, 0.2) is 6.10 Å². The van der Waals surface area contributed by atoms with E-state index in [0.717, 1.165) is 64.2 Å². The van der Waals surface area contributed by atoms with Crippen molar-refractivity contribution in [2.75, 3.05) is 19.8 Å². The highest BCUT2D eigenvalue weighted by Gasteiger charge is 2.17. The molecule has 0 saturated carbocycles. The molecule has 0 aromatic rings. The molecule has 0 radical (unpaired) electrons. The summed E-state index contributed by atoms with van der Waals surface area (Å²) in [4.78, 5) is 25.5. The summed E-state index contributed by atoms with van der Waals surface area (Å²) in [5.41, 5.74) is 0. The van der Waals surface area contributed by atoms with E-state index < -0.39 is 6.10 Å². The minimum atomic E-state index is -0.543. The van der Waals surface area contributed by atoms with Crippen LogP contribution in [0.2, 0.25) is 0 Å². The van der Waals surface area contributed by atoms with Gasteiger partial charge in [-0.2, -0.15) is 0 Å². The van der Waals surface area contributed by atoms with Gasteiger partial charge in [-0.25, -0.2) is 0 Å². The van der Waals surface area contributed by atoms with E-state index in [4.69, 9.17) is 14.2 Å². The van der Waals surface area contributed by atoms with Crippen LogP contribution < -0.4 is 0 Å². The molecule has 68 heavy (non-hydrogen) atoms. The van der Waals surface area contributed by atoms with Gasteiger partial charge in [-0.3, -0.25) is 9.59 Å². The van der Waals surface area contributed by atoms with Crippen molar-refractivity contribution >= 4 is 11.9 Å². The first-order valence-electron chi connectivity index (χ1n) is 29.8. The molecule has 0 bridgehead atoms. The molecule has 0 amide bonds. The third-order valence-corrected chi connectivity index (χ3v) is 13.0. The molecule has 0 fully saturated rings. The molecule has 5 heteroatoms. The predicted octanol–water partition coefficient (Wildman–Crippen LogP) is 20.5. The summed E-state index contributed by atoms with van der Waals surface area (Å²) in [6.45, 7) is 7.73. The summed E-state index contributed by atoms with van der Waals surface area (Å²) in [5.74, 6) is -0.393. The zero-order chi connectivity index (χ0) is 49.2. The van der Waals surface area contributed by atoms with Gasteiger partial charge in [-0.15, -0.1) is 0 Å². The van der Waals surface area contributed by atoms with Gasteiger partial charge in [0.25, 0.3) is 0 Å². The lowest BCUT2D eigenvalue weighted by Gasteiger charge is -2.18. The molecule has 0 aliphatic heterocycles. The van der Waals surface area contributed by atoms with Crippen molar-refractivity contribution in [2.45, 2.75) is 309 Å². The molecule has 0 N–H and O–H groups in total. The largest absolute Gasteiger partial charge is 0.462 e. The number of hydrogen-bond acceptors (Lipinski definition) is 5. The second kappa shape index (κ2) is 58.9. The maximum absolute atomic E-state index is 12.9. The standard InChI is InChI=1S/C63H114O5/c1-4-7-10-13-16-19-22-25-28-30-31-32-34-37-40-43-46-49-52-55-58-66-59-61(68-63(65)57-54-51-48-45-42-39-35-27-24-21-18-15-12-9-6-3)60-67-62(64)56-53-50-47-44-41-38-36-33-29-26-23-20-17-14-11-8-5-2/h7,10,16,19,25-26,28-29,31-32,61H,4-6,8-9,11-15,17-18,20-24,27,30,33-60H2,1-3H3/b10-7-,19-16-,28-25-,29-26-,32-31-. The van der Waals surface area contributed by atoms with Crippen LogP contribution in [-0.4, -0.2) is 37.9 Å². The van der Waals surface area contributed by atoms with Crippen molar-refractivity contribution in [1.82, 2.24) is 0 Å². The number of hydrogen-bond donors (Lipinski definition) is 0. The van der Waals surface area contributed by atoms with Gasteiger partial charge < -0.3 is 14.2 Å². The minimum Gasteiger partial charge on any atom is -0.462 e. The van der Waals surface area contributed by atoms with Gasteiger partial charge in [-0.1, -0.05) is 268 Å². The lowest BCUT2D eigenvalue weighted by atomic mass is 10.0. The van der Waals surface area contributed by atoms with Gasteiger partial charge in [-0.05, 0) is 83.5 Å². The van der Waals surface area contributed by atoms with Crippen LogP contribution in [0.25, 0.3) is 0 Å². The van der Waals surface area contributed by atoms with E-state index in [-0.39, 0.29) is 25.2 Å². The number of unbranched alkanes of at least 4 members (excludes halogenated alkanes) is 34. The van der Waals surface area contributed by atoms with Crippen LogP contribution >= 0.6 is 0 Å². The summed E-state index contributed by atoms with van der Waals surface area (Å²) < 4.78 is 17.5. The number of allylic oxidation sites excluding steroid dienone is 10. The Morgan fingerprint density at radius 1 is 0.338 bits per heavy atom. The van der Waals surface area contributed by atoms with Crippen LogP contribution in [0.4, 0.5) is 0 Å². The Kier molecular flexibility index (Phi) is 56.8. The molecular formula is C63H114O5. The fourth-order valence-corrected chi connectivity index (χ4v) is 8.62. The number of rotatable bonds is 55. The first kappa shape index (κ1) is 65.6. The maximum Gasteiger partial charge on any atom is 0.306 e. The lowest BCUT2D eigenvalue weighted by Crippen LogP contribution is -2.30. The third kappa shape index (κ3) is 56.2. The zero-order valence-corrected chi connectivity index (χ0v) is 45.6. The van der Waals surface area contributed by atoms with E-state index in [0.29, 0.717) is 19.4 Å². The van der Waals surface area contributed by atoms with Gasteiger partial charge in [0.05, 0.1) is 6.61 Å². The van der Waals surface area contributed by atoms with Crippen molar-refractivity contribution in [3.63, 3.8) is 0 Å². The summed E-state index contributed by atoms with van der Waals surface area (Å²) in [5, 5.41) is 0. The quantitative estimate of drug-likeness (QED) is 0.0345. The van der Waals surface area contributed by atoms with Crippen LogP contribution in [0.15, 0.2) is 60.8 Å². The highest BCUT2D eigenvalue weighted by Crippen LogP contribution is 2.16. The van der Waals surface area contributed by atoms with Crippen molar-refractivity contribution in [3.8, 4) is 0 Å².